The first-order chi connectivity index (χ1) is 19.9. The van der Waals surface area contributed by atoms with Crippen molar-refractivity contribution in [1.29, 1.82) is 0 Å². The SMILES string of the molecule is CC1(C)c2cc(-c3cc(Cl)c(Cl)cc3-c3cc4ccccc4c4ccccc34)ccc2-c2c1ccc1ccccc21. The number of halogens is 2. The standard InChI is InChI=1S/C39H26Cl2/c1-39(2)34-18-16-23-9-3-6-12-27(23)38(34)30-17-15-25(20-35(30)39)31-21-36(40)37(41)22-33(31)32-19-24-10-4-5-11-26(24)28-13-7-8-14-29(28)32/h3-22H,1-2H3. The maximum Gasteiger partial charge on any atom is 0.0598 e. The number of rotatable bonds is 2. The van der Waals surface area contributed by atoms with Gasteiger partial charge < -0.3 is 0 Å². The highest BCUT2D eigenvalue weighted by Crippen LogP contribution is 2.53. The molecule has 196 valence electrons. The predicted molar refractivity (Wildman–Crippen MR) is 177 cm³/mol. The molecule has 0 radical (unpaired) electrons. The lowest BCUT2D eigenvalue weighted by Gasteiger charge is -2.23. The minimum Gasteiger partial charge on any atom is -0.0827 e. The van der Waals surface area contributed by atoms with E-state index in [9.17, 15) is 0 Å². The molecule has 0 heterocycles. The van der Waals surface area contributed by atoms with Crippen LogP contribution in [0.15, 0.2) is 121 Å². The Labute approximate surface area is 249 Å². The lowest BCUT2D eigenvalue weighted by molar-refractivity contribution is 0.661. The predicted octanol–water partition coefficient (Wildman–Crippen LogP) is 12.1. The van der Waals surface area contributed by atoms with E-state index in [1.807, 2.05) is 12.1 Å². The van der Waals surface area contributed by atoms with Crippen molar-refractivity contribution in [3.63, 3.8) is 0 Å². The van der Waals surface area contributed by atoms with Crippen molar-refractivity contribution in [2.45, 2.75) is 19.3 Å². The Morgan fingerprint density at radius 1 is 0.439 bits per heavy atom. The van der Waals surface area contributed by atoms with Crippen LogP contribution in [0.1, 0.15) is 25.0 Å². The van der Waals surface area contributed by atoms with Crippen LogP contribution >= 0.6 is 23.2 Å². The highest BCUT2D eigenvalue weighted by atomic mass is 35.5. The minimum absolute atomic E-state index is 0.128. The second kappa shape index (κ2) is 8.95. The Morgan fingerprint density at radius 3 is 1.85 bits per heavy atom. The number of hydrogen-bond donors (Lipinski definition) is 0. The summed E-state index contributed by atoms with van der Waals surface area (Å²) in [6.45, 7) is 4.67. The first kappa shape index (κ1) is 24.7. The highest BCUT2D eigenvalue weighted by molar-refractivity contribution is 6.42. The second-order valence-corrected chi connectivity index (χ2v) is 12.4. The lowest BCUT2D eigenvalue weighted by atomic mass is 9.81. The van der Waals surface area contributed by atoms with Gasteiger partial charge in [0, 0.05) is 5.41 Å². The van der Waals surface area contributed by atoms with Crippen LogP contribution in [0.3, 0.4) is 0 Å². The molecule has 0 atom stereocenters. The number of fused-ring (bicyclic) bond motifs is 8. The van der Waals surface area contributed by atoms with Gasteiger partial charge in [-0.1, -0.05) is 134 Å². The van der Waals surface area contributed by atoms with Crippen LogP contribution in [-0.2, 0) is 5.41 Å². The summed E-state index contributed by atoms with van der Waals surface area (Å²) in [6, 6.07) is 43.8. The minimum atomic E-state index is -0.128. The van der Waals surface area contributed by atoms with E-state index < -0.39 is 0 Å². The Bertz CT molecular complexity index is 2200. The fraction of sp³-hybridized carbons (Fsp3) is 0.0769. The lowest BCUT2D eigenvalue weighted by Crippen LogP contribution is -2.15. The molecule has 1 aliphatic carbocycles. The monoisotopic (exact) mass is 564 g/mol. The van der Waals surface area contributed by atoms with Crippen molar-refractivity contribution in [1.82, 2.24) is 0 Å². The number of benzene rings is 7. The van der Waals surface area contributed by atoms with Gasteiger partial charge in [-0.15, -0.1) is 0 Å². The second-order valence-electron chi connectivity index (χ2n) is 11.6. The molecule has 0 amide bonds. The maximum atomic E-state index is 6.72. The van der Waals surface area contributed by atoms with E-state index in [-0.39, 0.29) is 5.41 Å². The highest BCUT2D eigenvalue weighted by Gasteiger charge is 2.36. The third-order valence-corrected chi connectivity index (χ3v) is 9.72. The fourth-order valence-corrected chi connectivity index (χ4v) is 7.29. The molecule has 1 aliphatic rings. The van der Waals surface area contributed by atoms with Crippen molar-refractivity contribution >= 4 is 55.5 Å². The molecule has 0 fully saturated rings. The van der Waals surface area contributed by atoms with Gasteiger partial charge >= 0.3 is 0 Å². The molecule has 0 nitrogen and oxygen atoms in total. The summed E-state index contributed by atoms with van der Waals surface area (Å²) in [4.78, 5) is 0. The summed E-state index contributed by atoms with van der Waals surface area (Å²) in [6.07, 6.45) is 0. The molecule has 2 heteroatoms. The summed E-state index contributed by atoms with van der Waals surface area (Å²) in [5, 5.41) is 8.58. The van der Waals surface area contributed by atoms with Crippen molar-refractivity contribution in [3.8, 4) is 33.4 Å². The van der Waals surface area contributed by atoms with Crippen LogP contribution < -0.4 is 0 Å². The van der Waals surface area contributed by atoms with Gasteiger partial charge in [0.15, 0.2) is 0 Å². The van der Waals surface area contributed by atoms with Crippen LogP contribution in [0.5, 0.6) is 0 Å². The fourth-order valence-electron chi connectivity index (χ4n) is 6.96. The van der Waals surface area contributed by atoms with E-state index >= 15 is 0 Å². The Morgan fingerprint density at radius 2 is 1.07 bits per heavy atom. The molecule has 0 N–H and O–H groups in total. The summed E-state index contributed by atoms with van der Waals surface area (Å²) in [5.74, 6) is 0. The van der Waals surface area contributed by atoms with E-state index in [1.54, 1.807) is 0 Å². The van der Waals surface area contributed by atoms with E-state index in [2.05, 4.69) is 123 Å². The summed E-state index contributed by atoms with van der Waals surface area (Å²) >= 11 is 13.4. The van der Waals surface area contributed by atoms with E-state index in [0.717, 1.165) is 22.3 Å². The zero-order valence-corrected chi connectivity index (χ0v) is 24.3. The van der Waals surface area contributed by atoms with Crippen LogP contribution in [0.25, 0.3) is 65.7 Å². The summed E-state index contributed by atoms with van der Waals surface area (Å²) < 4.78 is 0. The first-order valence-corrected chi connectivity index (χ1v) is 14.7. The zero-order valence-electron chi connectivity index (χ0n) is 22.8. The third kappa shape index (κ3) is 3.61. The molecule has 0 aliphatic heterocycles. The molecule has 0 aromatic heterocycles. The van der Waals surface area contributed by atoms with Crippen LogP contribution in [0.4, 0.5) is 0 Å². The summed E-state index contributed by atoms with van der Waals surface area (Å²) in [5.41, 5.74) is 9.70. The van der Waals surface area contributed by atoms with Gasteiger partial charge in [0.2, 0.25) is 0 Å². The molecule has 7 aromatic rings. The normalized spacial score (nSPS) is 13.6. The van der Waals surface area contributed by atoms with Gasteiger partial charge in [-0.2, -0.15) is 0 Å². The van der Waals surface area contributed by atoms with Crippen LogP contribution in [0, 0.1) is 0 Å². The van der Waals surface area contributed by atoms with Crippen LogP contribution in [0.2, 0.25) is 10.0 Å². The van der Waals surface area contributed by atoms with Crippen molar-refractivity contribution in [2.75, 3.05) is 0 Å². The molecule has 41 heavy (non-hydrogen) atoms. The van der Waals surface area contributed by atoms with Crippen molar-refractivity contribution in [2.24, 2.45) is 0 Å². The largest absolute Gasteiger partial charge is 0.0827 e. The summed E-state index contributed by atoms with van der Waals surface area (Å²) in [7, 11) is 0. The van der Waals surface area contributed by atoms with Gasteiger partial charge in [-0.3, -0.25) is 0 Å². The maximum absolute atomic E-state index is 6.72. The molecule has 0 saturated heterocycles. The topological polar surface area (TPSA) is 0 Å². The smallest absolute Gasteiger partial charge is 0.0598 e. The zero-order chi connectivity index (χ0) is 27.9. The van der Waals surface area contributed by atoms with Crippen molar-refractivity contribution in [3.05, 3.63) is 142 Å². The molecule has 0 unspecified atom stereocenters. The van der Waals surface area contributed by atoms with Gasteiger partial charge in [0.05, 0.1) is 10.0 Å². The Kier molecular flexibility index (Phi) is 5.39. The first-order valence-electron chi connectivity index (χ1n) is 14.0. The number of hydrogen-bond acceptors (Lipinski definition) is 0. The molecule has 0 saturated carbocycles. The molecule has 7 aromatic carbocycles. The van der Waals surface area contributed by atoms with Gasteiger partial charge in [0.25, 0.3) is 0 Å². The van der Waals surface area contributed by atoms with Crippen LogP contribution in [-0.4, -0.2) is 0 Å². The Balaban J connectivity index is 1.40. The van der Waals surface area contributed by atoms with E-state index in [0.29, 0.717) is 10.0 Å². The molecule has 8 rings (SSSR count). The van der Waals surface area contributed by atoms with Gasteiger partial charge in [-0.25, -0.2) is 0 Å². The third-order valence-electron chi connectivity index (χ3n) is 8.99. The van der Waals surface area contributed by atoms with E-state index in [4.69, 9.17) is 23.2 Å². The average molecular weight is 566 g/mol. The Hall–Kier alpha value is -4.10. The average Bonchev–Trinajstić information content (AvgIpc) is 3.24. The van der Waals surface area contributed by atoms with Gasteiger partial charge in [-0.05, 0) is 101 Å². The molecule has 0 bridgehead atoms. The molecular formula is C39H26Cl2. The molecule has 0 spiro atoms. The quantitative estimate of drug-likeness (QED) is 0.183. The van der Waals surface area contributed by atoms with E-state index in [1.165, 1.54) is 54.6 Å². The van der Waals surface area contributed by atoms with Crippen molar-refractivity contribution < 1.29 is 0 Å². The van der Waals surface area contributed by atoms with Gasteiger partial charge in [0.1, 0.15) is 0 Å². The molecular weight excluding hydrogens is 539 g/mol.